The number of aromatic nitrogens is 3. The molecule has 6 rings (SSSR count). The van der Waals surface area contributed by atoms with E-state index in [1.807, 2.05) is 13.8 Å². The molecule has 0 bridgehead atoms. The van der Waals surface area contributed by atoms with E-state index in [9.17, 15) is 23.3 Å². The van der Waals surface area contributed by atoms with E-state index < -0.39 is 19.0 Å². The predicted molar refractivity (Wildman–Crippen MR) is 214 cm³/mol. The number of imidazole rings is 1. The highest BCUT2D eigenvalue weighted by molar-refractivity contribution is 6.42. The van der Waals surface area contributed by atoms with Gasteiger partial charge >= 0.3 is 13.1 Å². The lowest BCUT2D eigenvalue weighted by molar-refractivity contribution is -0.123. The number of hydrogen-bond acceptors (Lipinski definition) is 7. The van der Waals surface area contributed by atoms with Crippen molar-refractivity contribution in [3.8, 4) is 22.8 Å². The Morgan fingerprint density at radius 2 is 1.85 bits per heavy atom. The highest BCUT2D eigenvalue weighted by atomic mass is 19.2. The van der Waals surface area contributed by atoms with Gasteiger partial charge in [0.05, 0.1) is 18.3 Å². The average molecular weight is 757 g/mol. The Labute approximate surface area is 320 Å². The van der Waals surface area contributed by atoms with Crippen LogP contribution in [-0.2, 0) is 4.79 Å². The first-order valence-electron chi connectivity index (χ1n) is 18.9. The van der Waals surface area contributed by atoms with Gasteiger partial charge in [0.25, 0.3) is 0 Å². The van der Waals surface area contributed by atoms with Crippen molar-refractivity contribution in [1.82, 2.24) is 25.1 Å². The summed E-state index contributed by atoms with van der Waals surface area (Å²) in [7, 11) is -1.19. The van der Waals surface area contributed by atoms with Crippen LogP contribution in [0.5, 0.6) is 11.5 Å². The summed E-state index contributed by atoms with van der Waals surface area (Å²) in [4.78, 5) is 35.1. The maximum atomic E-state index is 14.4. The Bertz CT molecular complexity index is 2160. The van der Waals surface area contributed by atoms with Crippen molar-refractivity contribution in [1.29, 1.82) is 0 Å². The molecular weight excluding hydrogens is 705 g/mol. The van der Waals surface area contributed by atoms with E-state index in [1.165, 1.54) is 0 Å². The van der Waals surface area contributed by atoms with Crippen molar-refractivity contribution in [2.24, 2.45) is 10.9 Å². The molecule has 1 atom stereocenters. The van der Waals surface area contributed by atoms with E-state index in [1.54, 1.807) is 67.8 Å². The fourth-order valence-corrected chi connectivity index (χ4v) is 7.88. The maximum Gasteiger partial charge on any atom is 0.678 e. The van der Waals surface area contributed by atoms with Crippen LogP contribution in [0.2, 0.25) is 0 Å². The normalized spacial score (nSPS) is 20.2. The second-order valence-corrected chi connectivity index (χ2v) is 15.6. The topological polar surface area (TPSA) is 146 Å². The van der Waals surface area contributed by atoms with E-state index in [0.29, 0.717) is 58.1 Å². The van der Waals surface area contributed by atoms with Crippen molar-refractivity contribution >= 4 is 36.1 Å². The van der Waals surface area contributed by atoms with Gasteiger partial charge in [-0.05, 0) is 144 Å². The van der Waals surface area contributed by atoms with Crippen LogP contribution in [0.15, 0.2) is 81.2 Å². The third kappa shape index (κ3) is 9.13. The van der Waals surface area contributed by atoms with E-state index in [4.69, 9.17) is 14.5 Å². The molecule has 2 aromatic carbocycles. The predicted octanol–water partition coefficient (Wildman–Crippen LogP) is 6.89. The number of aromatic amines is 2. The number of aliphatic hydroxyl groups excluding tert-OH is 1. The number of rotatable bonds is 15. The molecular formula is C41H51BF2N6O5. The summed E-state index contributed by atoms with van der Waals surface area (Å²) in [6.45, 7) is 10.6. The number of ether oxygens (including phenoxy) is 2. The number of aliphatic imine (C=N–C) groups is 1. The number of nitrogens with one attached hydrogen (secondary N) is 4. The Balaban J connectivity index is 0.990. The number of allylic oxidation sites excluding steroid dienone is 2. The van der Waals surface area contributed by atoms with Gasteiger partial charge in [-0.3, -0.25) is 18.4 Å². The molecule has 2 aliphatic rings. The largest absolute Gasteiger partial charge is 0.678 e. The lowest BCUT2D eigenvalue weighted by atomic mass is 9.70. The zero-order chi connectivity index (χ0) is 39.5. The second kappa shape index (κ2) is 16.4. The number of carbonyl (C=O) groups excluding carboxylic acids is 1. The van der Waals surface area contributed by atoms with Gasteiger partial charge in [-0.15, -0.1) is 0 Å². The van der Waals surface area contributed by atoms with E-state index in [0.717, 1.165) is 47.0 Å². The molecule has 0 spiro atoms. The fourth-order valence-electron chi connectivity index (χ4n) is 7.88. The Kier molecular flexibility index (Phi) is 11.9. The summed E-state index contributed by atoms with van der Waals surface area (Å²) in [5.74, 6) is 1.39. The Morgan fingerprint density at radius 3 is 2.55 bits per heavy atom. The smallest absolute Gasteiger partial charge is 0.497 e. The number of carbonyl (C=O) groups is 1. The Morgan fingerprint density at radius 1 is 1.13 bits per heavy atom. The highest BCUT2D eigenvalue weighted by Crippen LogP contribution is 2.38. The number of aliphatic hydroxyl groups is 1. The number of para-hydroxylation sites is 1. The van der Waals surface area contributed by atoms with Crippen molar-refractivity contribution in [2.75, 3.05) is 20.3 Å². The minimum atomic E-state index is -2.75. The van der Waals surface area contributed by atoms with Crippen molar-refractivity contribution in [3.05, 3.63) is 87.6 Å². The van der Waals surface area contributed by atoms with Crippen LogP contribution in [0.25, 0.3) is 28.4 Å². The van der Waals surface area contributed by atoms with Crippen LogP contribution in [0.1, 0.15) is 78.8 Å². The van der Waals surface area contributed by atoms with Gasteiger partial charge in [-0.2, -0.15) is 0 Å². The number of nitrogens with zero attached hydrogens (tertiary/aromatic N) is 2. The van der Waals surface area contributed by atoms with Crippen LogP contribution in [0, 0.1) is 5.92 Å². The molecule has 55 heavy (non-hydrogen) atoms. The SMILES string of the molecule is COc1ccc(-c2ccc(/C=C3\N=C(C)C(CCC(=O)NC(C)(C)C4CCC(C)(NCC(O)COc5cccc6[nH]c(=O)[nH]c56)CC4)=C3C)n2B(F)F)cc1. The molecule has 1 fully saturated rings. The summed E-state index contributed by atoms with van der Waals surface area (Å²) < 4.78 is 40.8. The standard InChI is InChI=1S/C41H51BF2N6O5/c1-25-32(26(2)46-34(25)22-29-12-16-35(50(29)42(43)44)27-10-13-31(54-6)14-11-27)15-17-37(52)49-40(3,4)28-18-20-41(5,21-19-28)45-23-30(51)24-55-36-9-7-8-33-38(36)48-39(53)47-33/h7-14,16,22,28,30,45,51H,15,17-21,23-24H2,1-6H3,(H,49,52)(H2,47,48,53)/b34-22-. The van der Waals surface area contributed by atoms with Gasteiger partial charge in [0.15, 0.2) is 0 Å². The van der Waals surface area contributed by atoms with Crippen molar-refractivity contribution in [3.63, 3.8) is 0 Å². The van der Waals surface area contributed by atoms with E-state index in [-0.39, 0.29) is 36.1 Å². The van der Waals surface area contributed by atoms with Gasteiger partial charge in [-0.25, -0.2) is 4.79 Å². The van der Waals surface area contributed by atoms with Crippen LogP contribution in [-0.4, -0.2) is 76.0 Å². The van der Waals surface area contributed by atoms with E-state index in [2.05, 4.69) is 41.4 Å². The first kappa shape index (κ1) is 39.7. The summed E-state index contributed by atoms with van der Waals surface area (Å²) >= 11 is 0. The number of hydrogen-bond donors (Lipinski definition) is 5. The summed E-state index contributed by atoms with van der Waals surface area (Å²) in [6.07, 6.45) is 5.32. The van der Waals surface area contributed by atoms with Crippen molar-refractivity contribution < 1.29 is 28.0 Å². The molecule has 1 aliphatic carbocycles. The maximum absolute atomic E-state index is 14.4. The summed E-state index contributed by atoms with van der Waals surface area (Å²) in [5, 5.41) is 17.5. The van der Waals surface area contributed by atoms with Gasteiger partial charge in [0.1, 0.15) is 29.7 Å². The molecule has 5 N–H and O–H groups in total. The lowest BCUT2D eigenvalue weighted by Crippen LogP contribution is -2.54. The van der Waals surface area contributed by atoms with Crippen LogP contribution in [0.4, 0.5) is 8.63 Å². The molecule has 0 saturated heterocycles. The summed E-state index contributed by atoms with van der Waals surface area (Å²) in [5.41, 5.74) is 4.95. The second-order valence-electron chi connectivity index (χ2n) is 15.6. The Hall–Kier alpha value is -4.95. The van der Waals surface area contributed by atoms with Gasteiger partial charge in [0.2, 0.25) is 5.91 Å². The van der Waals surface area contributed by atoms with Crippen molar-refractivity contribution in [2.45, 2.75) is 90.3 Å². The number of benzene rings is 2. The number of halogens is 2. The monoisotopic (exact) mass is 756 g/mol. The van der Waals surface area contributed by atoms with E-state index >= 15 is 0 Å². The summed E-state index contributed by atoms with van der Waals surface area (Å²) in [6, 6.07) is 15.7. The number of β-amino-alcohol motifs (C(OH)–C–C–N with tert-alkyl or cyclic N) is 1. The molecule has 2 aromatic heterocycles. The molecule has 1 amide bonds. The molecule has 1 saturated carbocycles. The third-order valence-electron chi connectivity index (χ3n) is 11.3. The van der Waals surface area contributed by atoms with Gasteiger partial charge in [-0.1, -0.05) is 6.07 Å². The minimum Gasteiger partial charge on any atom is -0.497 e. The quantitative estimate of drug-likeness (QED) is 0.0836. The zero-order valence-corrected chi connectivity index (χ0v) is 32.4. The number of amides is 1. The molecule has 0 radical (unpaired) electrons. The third-order valence-corrected chi connectivity index (χ3v) is 11.3. The number of fused-ring (bicyclic) bond motifs is 1. The first-order chi connectivity index (χ1) is 26.2. The molecule has 14 heteroatoms. The van der Waals surface area contributed by atoms with Crippen LogP contribution in [0.3, 0.4) is 0 Å². The molecule has 292 valence electrons. The first-order valence-corrected chi connectivity index (χ1v) is 18.9. The molecule has 3 heterocycles. The number of H-pyrrole nitrogens is 2. The number of methoxy groups -OCH3 is 1. The molecule has 11 nitrogen and oxygen atoms in total. The zero-order valence-electron chi connectivity index (χ0n) is 32.4. The minimum absolute atomic E-state index is 0.0415. The highest BCUT2D eigenvalue weighted by Gasteiger charge is 2.38. The average Bonchev–Trinajstić information content (AvgIpc) is 3.83. The fraction of sp³-hybridized carbons (Fsp3) is 0.439. The van der Waals surface area contributed by atoms with Crippen LogP contribution < -0.4 is 25.8 Å². The van der Waals surface area contributed by atoms with Crippen LogP contribution >= 0.6 is 0 Å². The van der Waals surface area contributed by atoms with Gasteiger partial charge in [0, 0.05) is 41.1 Å². The molecule has 4 aromatic rings. The van der Waals surface area contributed by atoms with Gasteiger partial charge < -0.3 is 39.7 Å². The molecule has 1 aliphatic heterocycles. The lowest BCUT2D eigenvalue weighted by Gasteiger charge is -2.44. The molecule has 1 unspecified atom stereocenters.